The van der Waals surface area contributed by atoms with Crippen molar-refractivity contribution in [2.24, 2.45) is 0 Å². The second-order valence-electron chi connectivity index (χ2n) is 9.90. The molecule has 5 rings (SSSR count). The van der Waals surface area contributed by atoms with Crippen molar-refractivity contribution in [2.75, 3.05) is 24.3 Å². The molecule has 2 bridgehead atoms. The fourth-order valence-corrected chi connectivity index (χ4v) is 5.44. The van der Waals surface area contributed by atoms with E-state index in [9.17, 15) is 23.2 Å². The molecule has 1 saturated heterocycles. The van der Waals surface area contributed by atoms with Gasteiger partial charge >= 0.3 is 6.09 Å². The number of carbonyl (C=O) groups is 3. The van der Waals surface area contributed by atoms with E-state index in [0.717, 1.165) is 12.1 Å². The highest BCUT2D eigenvalue weighted by Gasteiger charge is 2.35. The molecule has 3 amide bonds. The zero-order valence-electron chi connectivity index (χ0n) is 22.2. The van der Waals surface area contributed by atoms with Gasteiger partial charge < -0.3 is 19.9 Å². The molecule has 41 heavy (non-hydrogen) atoms. The number of nitrogens with one attached hydrogen (secondary N) is 3. The first-order valence-corrected chi connectivity index (χ1v) is 13.5. The van der Waals surface area contributed by atoms with Gasteiger partial charge in [-0.3, -0.25) is 14.9 Å². The molecule has 2 aliphatic rings. The van der Waals surface area contributed by atoms with E-state index in [1.54, 1.807) is 29.3 Å². The molecule has 0 spiro atoms. The Morgan fingerprint density at radius 1 is 1.20 bits per heavy atom. The van der Waals surface area contributed by atoms with Gasteiger partial charge in [0.1, 0.15) is 17.5 Å². The maximum absolute atomic E-state index is 14.7. The number of hydrogen-bond acceptors (Lipinski definition) is 5. The summed E-state index contributed by atoms with van der Waals surface area (Å²) in [5.41, 5.74) is 1.96. The highest BCUT2D eigenvalue weighted by atomic mass is 35.5. The molecule has 0 aliphatic carbocycles. The number of fused-ring (bicyclic) bond motifs is 4. The summed E-state index contributed by atoms with van der Waals surface area (Å²) in [4.78, 5) is 47.3. The predicted molar refractivity (Wildman–Crippen MR) is 149 cm³/mol. The Bertz CT molecular complexity index is 1520. The molecule has 0 saturated carbocycles. The number of aromatic amines is 1. The molecular formula is C29H28ClF2N5O4. The van der Waals surface area contributed by atoms with Crippen LogP contribution < -0.4 is 10.6 Å². The summed E-state index contributed by atoms with van der Waals surface area (Å²) in [6, 6.07) is 6.85. The number of ether oxygens (including phenoxy) is 1. The van der Waals surface area contributed by atoms with Crippen molar-refractivity contribution in [2.45, 2.75) is 44.1 Å². The van der Waals surface area contributed by atoms with Crippen LogP contribution in [0.15, 0.2) is 48.7 Å². The number of imidazole rings is 1. The SMILES string of the molecule is COC(=O)Nc1ccc2c(c1)NC(=O)CCC=CCC(N1CCC(c3c(F)ccc(Cl)c3F)CC1=O)c1ncc-2[nH]1. The summed E-state index contributed by atoms with van der Waals surface area (Å²) in [6.45, 7) is 0.266. The molecule has 3 N–H and O–H groups in total. The second-order valence-corrected chi connectivity index (χ2v) is 10.3. The first kappa shape index (κ1) is 28.3. The number of H-pyrrole nitrogens is 1. The van der Waals surface area contributed by atoms with Gasteiger partial charge in [-0.15, -0.1) is 0 Å². The highest BCUT2D eigenvalue weighted by molar-refractivity contribution is 6.30. The summed E-state index contributed by atoms with van der Waals surface area (Å²) in [5, 5.41) is 5.30. The maximum Gasteiger partial charge on any atom is 0.411 e. The van der Waals surface area contributed by atoms with Crippen LogP contribution in [0.4, 0.5) is 25.0 Å². The predicted octanol–water partition coefficient (Wildman–Crippen LogP) is 6.31. The Balaban J connectivity index is 1.44. The molecule has 12 heteroatoms. The summed E-state index contributed by atoms with van der Waals surface area (Å²) in [6.07, 6.45) is 6.15. The molecule has 2 atom stereocenters. The van der Waals surface area contributed by atoms with Crippen LogP contribution in [0.25, 0.3) is 11.3 Å². The monoisotopic (exact) mass is 583 g/mol. The number of nitrogens with zero attached hydrogens (tertiary/aromatic N) is 2. The van der Waals surface area contributed by atoms with Gasteiger partial charge in [0.05, 0.1) is 35.8 Å². The van der Waals surface area contributed by atoms with Crippen LogP contribution in [0.2, 0.25) is 5.02 Å². The zero-order chi connectivity index (χ0) is 29.1. The Morgan fingerprint density at radius 3 is 2.80 bits per heavy atom. The molecule has 2 aromatic carbocycles. The average Bonchev–Trinajstić information content (AvgIpc) is 3.43. The lowest BCUT2D eigenvalue weighted by Crippen LogP contribution is -2.41. The van der Waals surface area contributed by atoms with Crippen LogP contribution in [0, 0.1) is 11.6 Å². The normalized spacial score (nSPS) is 19.4. The Kier molecular flexibility index (Phi) is 8.34. The second kappa shape index (κ2) is 12.1. The third-order valence-electron chi connectivity index (χ3n) is 7.31. The number of anilines is 2. The molecule has 214 valence electrons. The number of halogens is 3. The molecule has 0 radical (unpaired) electrons. The standard InChI is InChI=1S/C29H28ClF2N5O4/c1-41-29(40)34-17-7-8-18-21(14-17)35-24(38)6-4-2-3-5-23(28-33-15-22(18)36-28)37-12-11-16(13-25(37)39)26-20(31)10-9-19(30)27(26)32/h2-3,7-10,14-16,23H,4-6,11-13H2,1H3,(H,33,36)(H,34,40)(H,35,38). The van der Waals surface area contributed by atoms with Crippen LogP contribution in [0.3, 0.4) is 0 Å². The molecule has 3 heterocycles. The van der Waals surface area contributed by atoms with Gasteiger partial charge in [-0.1, -0.05) is 23.8 Å². The molecule has 1 fully saturated rings. The number of rotatable bonds is 3. The fraction of sp³-hybridized carbons (Fsp3) is 0.310. The average molecular weight is 584 g/mol. The smallest absolute Gasteiger partial charge is 0.411 e. The summed E-state index contributed by atoms with van der Waals surface area (Å²) >= 11 is 5.89. The summed E-state index contributed by atoms with van der Waals surface area (Å²) in [5.74, 6) is -2.11. The number of hydrogen-bond donors (Lipinski definition) is 3. The molecule has 2 unspecified atom stereocenters. The number of aromatic nitrogens is 2. The Hall–Kier alpha value is -4.25. The highest BCUT2D eigenvalue weighted by Crippen LogP contribution is 2.38. The van der Waals surface area contributed by atoms with E-state index in [4.69, 9.17) is 11.6 Å². The maximum atomic E-state index is 14.7. The Morgan fingerprint density at radius 2 is 2.02 bits per heavy atom. The minimum absolute atomic E-state index is 0.0702. The van der Waals surface area contributed by atoms with E-state index in [1.807, 2.05) is 12.2 Å². The lowest BCUT2D eigenvalue weighted by atomic mass is 9.87. The first-order valence-electron chi connectivity index (χ1n) is 13.2. The fourth-order valence-electron chi connectivity index (χ4n) is 5.27. The van der Waals surface area contributed by atoms with Gasteiger partial charge in [-0.2, -0.15) is 0 Å². The van der Waals surface area contributed by atoms with Gasteiger partial charge in [0.2, 0.25) is 11.8 Å². The lowest BCUT2D eigenvalue weighted by Gasteiger charge is -2.36. The largest absolute Gasteiger partial charge is 0.453 e. The van der Waals surface area contributed by atoms with E-state index in [0.29, 0.717) is 47.7 Å². The van der Waals surface area contributed by atoms with Crippen LogP contribution in [-0.4, -0.2) is 46.4 Å². The minimum Gasteiger partial charge on any atom is -0.453 e. The van der Waals surface area contributed by atoms with Gasteiger partial charge in [-0.25, -0.2) is 18.6 Å². The van der Waals surface area contributed by atoms with Gasteiger partial charge in [0.25, 0.3) is 0 Å². The minimum atomic E-state index is -0.828. The van der Waals surface area contributed by atoms with Crippen molar-refractivity contribution < 1.29 is 27.9 Å². The number of amides is 3. The quantitative estimate of drug-likeness (QED) is 0.247. The summed E-state index contributed by atoms with van der Waals surface area (Å²) < 4.78 is 33.9. The first-order chi connectivity index (χ1) is 19.7. The number of likely N-dealkylation sites (tertiary alicyclic amines) is 1. The number of piperidine rings is 1. The zero-order valence-corrected chi connectivity index (χ0v) is 22.9. The van der Waals surface area contributed by atoms with E-state index >= 15 is 0 Å². The van der Waals surface area contributed by atoms with Crippen LogP contribution in [0.5, 0.6) is 0 Å². The van der Waals surface area contributed by atoms with Crippen LogP contribution >= 0.6 is 11.6 Å². The number of methoxy groups -OCH3 is 1. The van der Waals surface area contributed by atoms with Gasteiger partial charge in [0, 0.05) is 42.1 Å². The van der Waals surface area contributed by atoms with Crippen molar-refractivity contribution in [1.82, 2.24) is 14.9 Å². The molecular weight excluding hydrogens is 556 g/mol. The van der Waals surface area contributed by atoms with Crippen LogP contribution in [0.1, 0.15) is 55.5 Å². The lowest BCUT2D eigenvalue weighted by molar-refractivity contribution is -0.136. The molecule has 9 nitrogen and oxygen atoms in total. The topological polar surface area (TPSA) is 116 Å². The van der Waals surface area contributed by atoms with E-state index in [2.05, 4.69) is 25.3 Å². The number of benzene rings is 2. The van der Waals surface area contributed by atoms with Gasteiger partial charge in [-0.05, 0) is 49.6 Å². The van der Waals surface area contributed by atoms with Crippen molar-refractivity contribution >= 4 is 40.9 Å². The van der Waals surface area contributed by atoms with Crippen molar-refractivity contribution in [3.63, 3.8) is 0 Å². The van der Waals surface area contributed by atoms with Gasteiger partial charge in [0.15, 0.2) is 0 Å². The number of allylic oxidation sites excluding steroid dienone is 1. The van der Waals surface area contributed by atoms with Crippen molar-refractivity contribution in [3.05, 3.63) is 76.7 Å². The van der Waals surface area contributed by atoms with Crippen molar-refractivity contribution in [3.8, 4) is 11.3 Å². The molecule has 1 aromatic heterocycles. The van der Waals surface area contributed by atoms with E-state index in [1.165, 1.54) is 7.11 Å². The number of carbonyl (C=O) groups excluding carboxylic acids is 3. The molecule has 3 aromatic rings. The Labute approximate surface area is 239 Å². The summed E-state index contributed by atoms with van der Waals surface area (Å²) in [7, 11) is 1.25. The third kappa shape index (κ3) is 6.09. The third-order valence-corrected chi connectivity index (χ3v) is 7.61. The van der Waals surface area contributed by atoms with E-state index < -0.39 is 29.7 Å². The molecule has 2 aliphatic heterocycles. The van der Waals surface area contributed by atoms with Crippen LogP contribution in [-0.2, 0) is 14.3 Å². The van der Waals surface area contributed by atoms with E-state index in [-0.39, 0.29) is 41.8 Å². The van der Waals surface area contributed by atoms with Crippen molar-refractivity contribution in [1.29, 1.82) is 0 Å².